The van der Waals surface area contributed by atoms with E-state index in [1.165, 1.54) is 5.56 Å². The van der Waals surface area contributed by atoms with Crippen LogP contribution >= 0.6 is 15.9 Å². The first kappa shape index (κ1) is 18.2. The quantitative estimate of drug-likeness (QED) is 0.611. The Balaban J connectivity index is 1.61. The van der Waals surface area contributed by atoms with Gasteiger partial charge < -0.3 is 9.26 Å². The minimum Gasteiger partial charge on any atom is -0.481 e. The molecular formula is C20H19BrN2O3. The molecule has 0 fully saturated rings. The second-order valence-electron chi connectivity index (χ2n) is 5.83. The number of anilines is 1. The number of benzene rings is 2. The first-order valence-electron chi connectivity index (χ1n) is 8.34. The van der Waals surface area contributed by atoms with Crippen molar-refractivity contribution in [2.75, 3.05) is 5.32 Å². The largest absolute Gasteiger partial charge is 0.481 e. The maximum Gasteiger partial charge on any atom is 0.267 e. The summed E-state index contributed by atoms with van der Waals surface area (Å²) in [7, 11) is 0. The predicted octanol–water partition coefficient (Wildman–Crippen LogP) is 5.07. The van der Waals surface area contributed by atoms with Crippen LogP contribution in [0.2, 0.25) is 0 Å². The van der Waals surface area contributed by atoms with Crippen molar-refractivity contribution in [1.29, 1.82) is 0 Å². The summed E-state index contributed by atoms with van der Waals surface area (Å²) in [6.45, 7) is 3.78. The molecule has 6 heteroatoms. The third kappa shape index (κ3) is 4.52. The van der Waals surface area contributed by atoms with Gasteiger partial charge in [0.25, 0.3) is 5.91 Å². The van der Waals surface area contributed by atoms with Crippen LogP contribution in [-0.4, -0.2) is 17.2 Å². The molecule has 0 bridgehead atoms. The molecule has 5 nitrogen and oxygen atoms in total. The van der Waals surface area contributed by atoms with Crippen LogP contribution in [0.1, 0.15) is 19.4 Å². The summed E-state index contributed by atoms with van der Waals surface area (Å²) >= 11 is 3.39. The Morgan fingerprint density at radius 2 is 1.88 bits per heavy atom. The minimum absolute atomic E-state index is 0.282. The summed E-state index contributed by atoms with van der Waals surface area (Å²) in [5.74, 6) is 0.630. The molecule has 0 saturated carbocycles. The topological polar surface area (TPSA) is 64.4 Å². The monoisotopic (exact) mass is 414 g/mol. The van der Waals surface area contributed by atoms with Gasteiger partial charge in [-0.1, -0.05) is 52.3 Å². The lowest BCUT2D eigenvalue weighted by atomic mass is 10.1. The average Bonchev–Trinajstić information content (AvgIpc) is 3.11. The Hall–Kier alpha value is -2.60. The van der Waals surface area contributed by atoms with Crippen LogP contribution in [0.5, 0.6) is 5.75 Å². The van der Waals surface area contributed by atoms with Crippen molar-refractivity contribution in [3.8, 4) is 17.0 Å². The second-order valence-corrected chi connectivity index (χ2v) is 6.75. The lowest BCUT2D eigenvalue weighted by Gasteiger charge is -2.13. The Kier molecular flexibility index (Phi) is 5.73. The van der Waals surface area contributed by atoms with Gasteiger partial charge in [0.2, 0.25) is 5.88 Å². The minimum atomic E-state index is -0.663. The first-order chi connectivity index (χ1) is 12.5. The molecule has 1 heterocycles. The van der Waals surface area contributed by atoms with E-state index in [-0.39, 0.29) is 11.8 Å². The van der Waals surface area contributed by atoms with E-state index in [9.17, 15) is 4.79 Å². The van der Waals surface area contributed by atoms with Crippen molar-refractivity contribution in [3.63, 3.8) is 0 Å². The van der Waals surface area contributed by atoms with Crippen LogP contribution in [0.3, 0.4) is 0 Å². The van der Waals surface area contributed by atoms with E-state index in [4.69, 9.17) is 9.26 Å². The van der Waals surface area contributed by atoms with Crippen LogP contribution < -0.4 is 10.1 Å². The van der Waals surface area contributed by atoms with Crippen molar-refractivity contribution >= 4 is 27.7 Å². The Bertz CT molecular complexity index is 873. The second kappa shape index (κ2) is 8.19. The third-order valence-electron chi connectivity index (χ3n) is 3.91. The molecule has 1 atom stereocenters. The number of halogens is 1. The van der Waals surface area contributed by atoms with E-state index < -0.39 is 6.10 Å². The molecule has 0 unspecified atom stereocenters. The van der Waals surface area contributed by atoms with Gasteiger partial charge >= 0.3 is 0 Å². The first-order valence-corrected chi connectivity index (χ1v) is 9.13. The van der Waals surface area contributed by atoms with Crippen molar-refractivity contribution in [2.24, 2.45) is 0 Å². The van der Waals surface area contributed by atoms with Crippen molar-refractivity contribution in [2.45, 2.75) is 26.4 Å². The number of aromatic nitrogens is 1. The summed E-state index contributed by atoms with van der Waals surface area (Å²) in [4.78, 5) is 12.3. The zero-order valence-corrected chi connectivity index (χ0v) is 16.1. The summed E-state index contributed by atoms with van der Waals surface area (Å²) in [6.07, 6.45) is 0.298. The van der Waals surface area contributed by atoms with Gasteiger partial charge in [-0.05, 0) is 43.2 Å². The fourth-order valence-corrected chi connectivity index (χ4v) is 2.64. The third-order valence-corrected chi connectivity index (χ3v) is 4.44. The van der Waals surface area contributed by atoms with Gasteiger partial charge in [-0.25, -0.2) is 0 Å². The molecule has 3 aromatic rings. The lowest BCUT2D eigenvalue weighted by Crippen LogP contribution is -2.29. The molecule has 3 rings (SSSR count). The van der Waals surface area contributed by atoms with Crippen molar-refractivity contribution in [1.82, 2.24) is 5.16 Å². The highest BCUT2D eigenvalue weighted by molar-refractivity contribution is 9.10. The number of carbonyl (C=O) groups excluding carboxylic acids is 1. The Morgan fingerprint density at radius 3 is 2.54 bits per heavy atom. The maximum atomic E-state index is 12.3. The molecule has 0 aliphatic heterocycles. The van der Waals surface area contributed by atoms with Gasteiger partial charge in [0.1, 0.15) is 11.4 Å². The van der Waals surface area contributed by atoms with E-state index in [1.54, 1.807) is 13.0 Å². The lowest BCUT2D eigenvalue weighted by molar-refractivity contribution is -0.122. The molecule has 2 aromatic carbocycles. The molecule has 26 heavy (non-hydrogen) atoms. The summed E-state index contributed by atoms with van der Waals surface area (Å²) in [6, 6.07) is 17.1. The van der Waals surface area contributed by atoms with Gasteiger partial charge in [0.15, 0.2) is 6.10 Å². The number of ether oxygens (including phenoxy) is 1. The summed E-state index contributed by atoms with van der Waals surface area (Å²) < 4.78 is 11.9. The zero-order valence-electron chi connectivity index (χ0n) is 14.5. The number of rotatable bonds is 6. The van der Waals surface area contributed by atoms with E-state index >= 15 is 0 Å². The van der Waals surface area contributed by atoms with Crippen LogP contribution in [0.15, 0.2) is 63.6 Å². The van der Waals surface area contributed by atoms with Crippen molar-refractivity contribution < 1.29 is 14.1 Å². The van der Waals surface area contributed by atoms with Crippen LogP contribution in [0.25, 0.3) is 11.3 Å². The zero-order chi connectivity index (χ0) is 18.5. The Labute approximate surface area is 160 Å². The number of hydrogen-bond donors (Lipinski definition) is 1. The van der Waals surface area contributed by atoms with E-state index in [0.29, 0.717) is 11.4 Å². The predicted molar refractivity (Wildman–Crippen MR) is 104 cm³/mol. The van der Waals surface area contributed by atoms with Crippen LogP contribution in [0, 0.1) is 0 Å². The summed E-state index contributed by atoms with van der Waals surface area (Å²) in [5, 5.41) is 6.67. The molecule has 1 aromatic heterocycles. The standard InChI is InChI=1S/C20H19BrN2O3/c1-3-14-4-10-17(11-5-14)25-13(2)20(24)22-19-12-18(23-26-19)15-6-8-16(21)9-7-15/h4-13H,3H2,1-2H3,(H,22,24)/t13-/m1/s1. The number of hydrogen-bond acceptors (Lipinski definition) is 4. The van der Waals surface area contributed by atoms with Gasteiger partial charge in [0, 0.05) is 16.1 Å². The van der Waals surface area contributed by atoms with Crippen LogP contribution in [0.4, 0.5) is 5.88 Å². The SMILES string of the molecule is CCc1ccc(O[C@H](C)C(=O)Nc2cc(-c3ccc(Br)cc3)no2)cc1. The van der Waals surface area contributed by atoms with Gasteiger partial charge in [-0.15, -0.1) is 0 Å². The number of amides is 1. The molecule has 1 N–H and O–H groups in total. The summed E-state index contributed by atoms with van der Waals surface area (Å²) in [5.41, 5.74) is 2.77. The average molecular weight is 415 g/mol. The highest BCUT2D eigenvalue weighted by Gasteiger charge is 2.17. The molecule has 0 aliphatic rings. The van der Waals surface area contributed by atoms with Gasteiger partial charge in [0.05, 0.1) is 0 Å². The number of aryl methyl sites for hydroxylation is 1. The van der Waals surface area contributed by atoms with Gasteiger partial charge in [-0.3, -0.25) is 10.1 Å². The normalized spacial score (nSPS) is 11.8. The van der Waals surface area contributed by atoms with E-state index in [2.05, 4.69) is 33.3 Å². The van der Waals surface area contributed by atoms with E-state index in [1.807, 2.05) is 48.5 Å². The van der Waals surface area contributed by atoms with Crippen LogP contribution in [-0.2, 0) is 11.2 Å². The number of nitrogens with zero attached hydrogens (tertiary/aromatic N) is 1. The van der Waals surface area contributed by atoms with Gasteiger partial charge in [-0.2, -0.15) is 0 Å². The molecule has 1 amide bonds. The smallest absolute Gasteiger partial charge is 0.267 e. The maximum absolute atomic E-state index is 12.3. The molecule has 0 saturated heterocycles. The highest BCUT2D eigenvalue weighted by atomic mass is 79.9. The molecule has 0 spiro atoms. The van der Waals surface area contributed by atoms with E-state index in [0.717, 1.165) is 16.5 Å². The molecular weight excluding hydrogens is 396 g/mol. The fourth-order valence-electron chi connectivity index (χ4n) is 2.38. The molecule has 0 aliphatic carbocycles. The van der Waals surface area contributed by atoms with Crippen molar-refractivity contribution in [3.05, 3.63) is 64.6 Å². The number of nitrogens with one attached hydrogen (secondary N) is 1. The molecule has 134 valence electrons. The number of carbonyl (C=O) groups is 1. The Morgan fingerprint density at radius 1 is 1.19 bits per heavy atom. The highest BCUT2D eigenvalue weighted by Crippen LogP contribution is 2.23. The fraction of sp³-hybridized carbons (Fsp3) is 0.200. The molecule has 0 radical (unpaired) electrons.